The minimum atomic E-state index is -3.36. The third-order valence-corrected chi connectivity index (χ3v) is 5.93. The Morgan fingerprint density at radius 3 is 2.55 bits per heavy atom. The van der Waals surface area contributed by atoms with Crippen LogP contribution in [-0.4, -0.2) is 25.8 Å². The smallest absolute Gasteiger partial charge is 0.243 e. The van der Waals surface area contributed by atoms with Crippen molar-refractivity contribution in [1.29, 1.82) is 0 Å². The van der Waals surface area contributed by atoms with Crippen molar-refractivity contribution in [2.24, 2.45) is 5.92 Å². The van der Waals surface area contributed by atoms with Crippen LogP contribution in [0.3, 0.4) is 0 Å². The first-order valence-corrected chi connectivity index (χ1v) is 8.83. The molecule has 1 aliphatic rings. The van der Waals surface area contributed by atoms with E-state index in [-0.39, 0.29) is 0 Å². The van der Waals surface area contributed by atoms with Gasteiger partial charge in [0.25, 0.3) is 0 Å². The maximum atomic E-state index is 12.6. The second kappa shape index (κ2) is 6.59. The average Bonchev–Trinajstić information content (AvgIpc) is 2.66. The van der Waals surface area contributed by atoms with Crippen LogP contribution in [0.1, 0.15) is 39.0 Å². The number of anilines is 1. The van der Waals surface area contributed by atoms with Crippen LogP contribution < -0.4 is 5.73 Å². The summed E-state index contributed by atoms with van der Waals surface area (Å²) in [6.45, 7) is 3.46. The van der Waals surface area contributed by atoms with Crippen molar-refractivity contribution in [2.75, 3.05) is 18.8 Å². The number of sulfonamides is 1. The number of rotatable bonds is 4. The third-order valence-electron chi connectivity index (χ3n) is 4.02. The normalized spacial score (nSPS) is 21.6. The van der Waals surface area contributed by atoms with Gasteiger partial charge in [-0.15, -0.1) is 0 Å². The van der Waals surface area contributed by atoms with E-state index in [1.807, 2.05) is 0 Å². The van der Waals surface area contributed by atoms with E-state index in [1.165, 1.54) is 12.8 Å². The molecule has 1 saturated heterocycles. The highest BCUT2D eigenvalue weighted by molar-refractivity contribution is 7.89. The van der Waals surface area contributed by atoms with Crippen LogP contribution in [-0.2, 0) is 10.0 Å². The molecule has 2 rings (SSSR count). The third kappa shape index (κ3) is 3.52. The lowest BCUT2D eigenvalue weighted by molar-refractivity contribution is 0.400. The summed E-state index contributed by atoms with van der Waals surface area (Å²) >= 11 is 0. The van der Waals surface area contributed by atoms with E-state index in [0.717, 1.165) is 19.3 Å². The fourth-order valence-electron chi connectivity index (χ4n) is 2.87. The molecule has 20 heavy (non-hydrogen) atoms. The fraction of sp³-hybridized carbons (Fsp3) is 0.600. The number of nitrogen functional groups attached to an aromatic ring is 1. The molecule has 0 aliphatic carbocycles. The lowest BCUT2D eigenvalue weighted by Gasteiger charge is -2.20. The second-order valence-electron chi connectivity index (χ2n) is 5.56. The Hall–Kier alpha value is -1.07. The first-order chi connectivity index (χ1) is 9.54. The van der Waals surface area contributed by atoms with Gasteiger partial charge in [0.2, 0.25) is 10.0 Å². The summed E-state index contributed by atoms with van der Waals surface area (Å²) < 4.78 is 26.8. The Balaban J connectivity index is 2.11. The lowest BCUT2D eigenvalue weighted by atomic mass is 9.96. The predicted molar refractivity (Wildman–Crippen MR) is 81.9 cm³/mol. The van der Waals surface area contributed by atoms with Crippen LogP contribution in [0.5, 0.6) is 0 Å². The van der Waals surface area contributed by atoms with E-state index in [4.69, 9.17) is 5.73 Å². The first-order valence-electron chi connectivity index (χ1n) is 7.39. The lowest BCUT2D eigenvalue weighted by Crippen LogP contribution is -2.32. The van der Waals surface area contributed by atoms with Crippen molar-refractivity contribution in [3.8, 4) is 0 Å². The molecule has 1 heterocycles. The summed E-state index contributed by atoms with van der Waals surface area (Å²) in [4.78, 5) is 0.348. The Kier molecular flexibility index (Phi) is 5.05. The minimum Gasteiger partial charge on any atom is -0.399 e. The molecule has 0 saturated carbocycles. The van der Waals surface area contributed by atoms with E-state index in [1.54, 1.807) is 28.6 Å². The number of hydrogen-bond acceptors (Lipinski definition) is 3. The topological polar surface area (TPSA) is 63.4 Å². The number of nitrogens with zero attached hydrogens (tertiary/aromatic N) is 1. The Morgan fingerprint density at radius 2 is 1.90 bits per heavy atom. The number of hydrogen-bond donors (Lipinski definition) is 1. The van der Waals surface area contributed by atoms with Crippen molar-refractivity contribution >= 4 is 15.7 Å². The molecule has 0 spiro atoms. The summed E-state index contributed by atoms with van der Waals surface area (Å²) in [6.07, 6.45) is 5.45. The quantitative estimate of drug-likeness (QED) is 0.869. The highest BCUT2D eigenvalue weighted by Crippen LogP contribution is 2.26. The second-order valence-corrected chi connectivity index (χ2v) is 7.50. The summed E-state index contributed by atoms with van der Waals surface area (Å²) in [6, 6.07) is 6.48. The van der Waals surface area contributed by atoms with Crippen LogP contribution >= 0.6 is 0 Å². The Bertz CT molecular complexity index is 525. The molecule has 1 aliphatic heterocycles. The van der Waals surface area contributed by atoms with Gasteiger partial charge in [-0.1, -0.05) is 19.8 Å². The SMILES string of the molecule is CCCC1CCCN(S(=O)(=O)c2ccc(N)cc2)CC1. The van der Waals surface area contributed by atoms with Crippen LogP contribution in [0, 0.1) is 5.92 Å². The maximum absolute atomic E-state index is 12.6. The van der Waals surface area contributed by atoms with Gasteiger partial charge >= 0.3 is 0 Å². The summed E-state index contributed by atoms with van der Waals surface area (Å²) in [5.74, 6) is 0.673. The van der Waals surface area contributed by atoms with E-state index in [9.17, 15) is 8.42 Å². The van der Waals surface area contributed by atoms with E-state index in [2.05, 4.69) is 6.92 Å². The fourth-order valence-corrected chi connectivity index (χ4v) is 4.36. The zero-order valence-electron chi connectivity index (χ0n) is 12.1. The predicted octanol–water partition coefficient (Wildman–Crippen LogP) is 2.86. The van der Waals surface area contributed by atoms with Crippen molar-refractivity contribution in [3.63, 3.8) is 0 Å². The summed E-state index contributed by atoms with van der Waals surface area (Å²) in [5, 5.41) is 0. The first kappa shape index (κ1) is 15.3. The molecule has 0 radical (unpaired) electrons. The van der Waals surface area contributed by atoms with Gasteiger partial charge in [-0.3, -0.25) is 0 Å². The number of benzene rings is 1. The molecule has 1 aromatic rings. The van der Waals surface area contributed by atoms with Gasteiger partial charge in [0, 0.05) is 18.8 Å². The van der Waals surface area contributed by atoms with Gasteiger partial charge < -0.3 is 5.73 Å². The molecule has 1 atom stereocenters. The molecule has 1 fully saturated rings. The van der Waals surface area contributed by atoms with Gasteiger partial charge in [0.15, 0.2) is 0 Å². The Morgan fingerprint density at radius 1 is 1.20 bits per heavy atom. The van der Waals surface area contributed by atoms with Crippen LogP contribution in [0.2, 0.25) is 0 Å². The molecule has 0 bridgehead atoms. The van der Waals surface area contributed by atoms with Gasteiger partial charge in [-0.05, 0) is 49.4 Å². The van der Waals surface area contributed by atoms with Gasteiger partial charge in [-0.2, -0.15) is 4.31 Å². The molecule has 0 amide bonds. The Labute approximate surface area is 122 Å². The highest BCUT2D eigenvalue weighted by Gasteiger charge is 2.27. The number of nitrogens with two attached hydrogens (primary N) is 1. The van der Waals surface area contributed by atoms with Crippen LogP contribution in [0.15, 0.2) is 29.2 Å². The van der Waals surface area contributed by atoms with E-state index >= 15 is 0 Å². The summed E-state index contributed by atoms with van der Waals surface area (Å²) in [7, 11) is -3.36. The summed E-state index contributed by atoms with van der Waals surface area (Å²) in [5.41, 5.74) is 6.20. The highest BCUT2D eigenvalue weighted by atomic mass is 32.2. The minimum absolute atomic E-state index is 0.348. The largest absolute Gasteiger partial charge is 0.399 e. The molecule has 5 heteroatoms. The monoisotopic (exact) mass is 296 g/mol. The molecular formula is C15H24N2O2S. The molecule has 112 valence electrons. The van der Waals surface area contributed by atoms with Crippen molar-refractivity contribution in [3.05, 3.63) is 24.3 Å². The molecule has 1 aromatic carbocycles. The zero-order valence-corrected chi connectivity index (χ0v) is 12.9. The molecule has 2 N–H and O–H groups in total. The van der Waals surface area contributed by atoms with Crippen LogP contribution in [0.4, 0.5) is 5.69 Å². The van der Waals surface area contributed by atoms with E-state index < -0.39 is 10.0 Å². The van der Waals surface area contributed by atoms with E-state index in [0.29, 0.717) is 29.6 Å². The molecule has 1 unspecified atom stereocenters. The van der Waals surface area contributed by atoms with Crippen LogP contribution in [0.25, 0.3) is 0 Å². The molecule has 4 nitrogen and oxygen atoms in total. The van der Waals surface area contributed by atoms with Gasteiger partial charge in [0.05, 0.1) is 4.90 Å². The standard InChI is InChI=1S/C15H24N2O2S/c1-2-4-13-5-3-11-17(12-10-13)20(18,19)15-8-6-14(16)7-9-15/h6-9,13H,2-5,10-12,16H2,1H3. The van der Waals surface area contributed by atoms with Crippen molar-refractivity contribution in [1.82, 2.24) is 4.31 Å². The zero-order chi connectivity index (χ0) is 14.6. The maximum Gasteiger partial charge on any atom is 0.243 e. The molecule has 0 aromatic heterocycles. The van der Waals surface area contributed by atoms with Gasteiger partial charge in [-0.25, -0.2) is 8.42 Å². The van der Waals surface area contributed by atoms with Crippen molar-refractivity contribution < 1.29 is 8.42 Å². The van der Waals surface area contributed by atoms with Crippen molar-refractivity contribution in [2.45, 2.75) is 43.9 Å². The van der Waals surface area contributed by atoms with Gasteiger partial charge in [0.1, 0.15) is 0 Å². The molecular weight excluding hydrogens is 272 g/mol. The average molecular weight is 296 g/mol.